The number of methoxy groups -OCH3 is 1. The molecule has 1 amide bonds. The average molecular weight is 254 g/mol. The fourth-order valence-electron chi connectivity index (χ4n) is 2.07. The van der Waals surface area contributed by atoms with Crippen LogP contribution in [0.15, 0.2) is 24.3 Å². The standard InChI is InChI=1S/C13H16ClNO2/c1-17-12-6-8-15(9-7-12)13(16)10-2-4-11(14)5-3-10/h2-5,12H,6-9H2,1H3. The molecule has 1 heterocycles. The number of nitrogens with zero attached hydrogens (tertiary/aromatic N) is 1. The molecule has 1 saturated heterocycles. The number of hydrogen-bond acceptors (Lipinski definition) is 2. The third kappa shape index (κ3) is 2.99. The number of halogens is 1. The first-order valence-electron chi connectivity index (χ1n) is 5.78. The summed E-state index contributed by atoms with van der Waals surface area (Å²) in [6.45, 7) is 1.53. The van der Waals surface area contributed by atoms with Crippen LogP contribution in [-0.2, 0) is 4.74 Å². The summed E-state index contributed by atoms with van der Waals surface area (Å²) in [6.07, 6.45) is 2.12. The van der Waals surface area contributed by atoms with Crippen molar-refractivity contribution in [2.24, 2.45) is 0 Å². The number of likely N-dealkylation sites (tertiary alicyclic amines) is 1. The maximum absolute atomic E-state index is 12.1. The molecule has 2 rings (SSSR count). The Morgan fingerprint density at radius 2 is 1.88 bits per heavy atom. The summed E-state index contributed by atoms with van der Waals surface area (Å²) >= 11 is 5.80. The number of amides is 1. The average Bonchev–Trinajstić information content (AvgIpc) is 2.39. The largest absolute Gasteiger partial charge is 0.381 e. The number of piperidine rings is 1. The zero-order valence-electron chi connectivity index (χ0n) is 9.86. The summed E-state index contributed by atoms with van der Waals surface area (Å²) in [4.78, 5) is 14.0. The third-order valence-electron chi connectivity index (χ3n) is 3.15. The van der Waals surface area contributed by atoms with E-state index in [-0.39, 0.29) is 5.91 Å². The van der Waals surface area contributed by atoms with Crippen LogP contribution in [-0.4, -0.2) is 37.1 Å². The highest BCUT2D eigenvalue weighted by Crippen LogP contribution is 2.17. The monoisotopic (exact) mass is 253 g/mol. The number of hydrogen-bond donors (Lipinski definition) is 0. The minimum Gasteiger partial charge on any atom is -0.381 e. The molecule has 0 unspecified atom stereocenters. The van der Waals surface area contributed by atoms with E-state index < -0.39 is 0 Å². The fraction of sp³-hybridized carbons (Fsp3) is 0.462. The second-order valence-electron chi connectivity index (χ2n) is 4.23. The molecule has 0 N–H and O–H groups in total. The van der Waals surface area contributed by atoms with Crippen molar-refractivity contribution in [1.82, 2.24) is 4.90 Å². The van der Waals surface area contributed by atoms with Gasteiger partial charge >= 0.3 is 0 Å². The van der Waals surface area contributed by atoms with Crippen LogP contribution in [0, 0.1) is 0 Å². The van der Waals surface area contributed by atoms with E-state index in [1.807, 2.05) is 4.90 Å². The molecule has 4 heteroatoms. The van der Waals surface area contributed by atoms with Gasteiger partial charge in [-0.05, 0) is 37.1 Å². The van der Waals surface area contributed by atoms with Gasteiger partial charge in [0.1, 0.15) is 0 Å². The first-order chi connectivity index (χ1) is 8.20. The molecule has 1 aromatic carbocycles. The molecule has 0 saturated carbocycles. The van der Waals surface area contributed by atoms with Crippen molar-refractivity contribution in [2.45, 2.75) is 18.9 Å². The summed E-state index contributed by atoms with van der Waals surface area (Å²) in [5, 5.41) is 0.652. The van der Waals surface area contributed by atoms with E-state index in [9.17, 15) is 4.79 Å². The second-order valence-corrected chi connectivity index (χ2v) is 4.67. The predicted molar refractivity (Wildman–Crippen MR) is 67.4 cm³/mol. The third-order valence-corrected chi connectivity index (χ3v) is 3.41. The first-order valence-corrected chi connectivity index (χ1v) is 6.16. The van der Waals surface area contributed by atoms with E-state index in [1.54, 1.807) is 31.4 Å². The molecule has 1 fully saturated rings. The van der Waals surface area contributed by atoms with E-state index in [0.29, 0.717) is 16.7 Å². The smallest absolute Gasteiger partial charge is 0.253 e. The van der Waals surface area contributed by atoms with Crippen LogP contribution in [0.2, 0.25) is 5.02 Å². The second kappa shape index (κ2) is 5.52. The molecule has 0 bridgehead atoms. The molecule has 0 aliphatic carbocycles. The highest BCUT2D eigenvalue weighted by Gasteiger charge is 2.23. The van der Waals surface area contributed by atoms with Gasteiger partial charge in [-0.25, -0.2) is 0 Å². The van der Waals surface area contributed by atoms with Gasteiger partial charge in [0, 0.05) is 30.8 Å². The minimum absolute atomic E-state index is 0.0798. The predicted octanol–water partition coefficient (Wildman–Crippen LogP) is 2.59. The molecule has 1 aliphatic rings. The van der Waals surface area contributed by atoms with Crippen LogP contribution in [0.1, 0.15) is 23.2 Å². The maximum Gasteiger partial charge on any atom is 0.253 e. The summed E-state index contributed by atoms with van der Waals surface area (Å²) in [7, 11) is 1.72. The van der Waals surface area contributed by atoms with E-state index >= 15 is 0 Å². The van der Waals surface area contributed by atoms with Crippen molar-refractivity contribution < 1.29 is 9.53 Å². The molecule has 1 aliphatic heterocycles. The molecule has 1 aromatic rings. The van der Waals surface area contributed by atoms with Gasteiger partial charge in [0.05, 0.1) is 6.10 Å². The molecular weight excluding hydrogens is 238 g/mol. The van der Waals surface area contributed by atoms with Gasteiger partial charge in [0.2, 0.25) is 0 Å². The lowest BCUT2D eigenvalue weighted by atomic mass is 10.1. The Balaban J connectivity index is 1.99. The van der Waals surface area contributed by atoms with Crippen LogP contribution in [0.3, 0.4) is 0 Å². The van der Waals surface area contributed by atoms with Crippen molar-refractivity contribution in [3.8, 4) is 0 Å². The van der Waals surface area contributed by atoms with Gasteiger partial charge in [-0.3, -0.25) is 4.79 Å². The van der Waals surface area contributed by atoms with Crippen molar-refractivity contribution >= 4 is 17.5 Å². The van der Waals surface area contributed by atoms with Crippen molar-refractivity contribution in [1.29, 1.82) is 0 Å². The van der Waals surface area contributed by atoms with E-state index in [2.05, 4.69) is 0 Å². The highest BCUT2D eigenvalue weighted by molar-refractivity contribution is 6.30. The van der Waals surface area contributed by atoms with Gasteiger partial charge < -0.3 is 9.64 Å². The molecule has 3 nitrogen and oxygen atoms in total. The zero-order chi connectivity index (χ0) is 12.3. The number of benzene rings is 1. The SMILES string of the molecule is COC1CCN(C(=O)c2ccc(Cl)cc2)CC1. The lowest BCUT2D eigenvalue weighted by Crippen LogP contribution is -2.40. The van der Waals surface area contributed by atoms with E-state index in [4.69, 9.17) is 16.3 Å². The van der Waals surface area contributed by atoms with Crippen molar-refractivity contribution in [3.63, 3.8) is 0 Å². The topological polar surface area (TPSA) is 29.5 Å². The van der Waals surface area contributed by atoms with Crippen LogP contribution < -0.4 is 0 Å². The Labute approximate surface area is 106 Å². The zero-order valence-corrected chi connectivity index (χ0v) is 10.6. The normalized spacial score (nSPS) is 17.2. The van der Waals surface area contributed by atoms with Gasteiger partial charge in [0.25, 0.3) is 5.91 Å². The lowest BCUT2D eigenvalue weighted by molar-refractivity contribution is 0.0351. The van der Waals surface area contributed by atoms with Gasteiger partial charge in [0.15, 0.2) is 0 Å². The Morgan fingerprint density at radius 3 is 2.41 bits per heavy atom. The van der Waals surface area contributed by atoms with E-state index in [0.717, 1.165) is 25.9 Å². The Morgan fingerprint density at radius 1 is 1.29 bits per heavy atom. The summed E-state index contributed by atoms with van der Waals surface area (Å²) in [5.41, 5.74) is 0.699. The Kier molecular flexibility index (Phi) is 4.02. The first kappa shape index (κ1) is 12.4. The maximum atomic E-state index is 12.1. The number of carbonyl (C=O) groups is 1. The minimum atomic E-state index is 0.0798. The molecule has 0 atom stereocenters. The van der Waals surface area contributed by atoms with E-state index in [1.165, 1.54) is 0 Å². The number of ether oxygens (including phenoxy) is 1. The van der Waals surface area contributed by atoms with Crippen molar-refractivity contribution in [3.05, 3.63) is 34.9 Å². The van der Waals surface area contributed by atoms with Crippen LogP contribution in [0.25, 0.3) is 0 Å². The highest BCUT2D eigenvalue weighted by atomic mass is 35.5. The Hall–Kier alpha value is -1.06. The van der Waals surface area contributed by atoms with Crippen molar-refractivity contribution in [2.75, 3.05) is 20.2 Å². The molecular formula is C13H16ClNO2. The molecule has 0 radical (unpaired) electrons. The van der Waals surface area contributed by atoms with Crippen LogP contribution in [0.5, 0.6) is 0 Å². The van der Waals surface area contributed by atoms with Gasteiger partial charge in [-0.2, -0.15) is 0 Å². The van der Waals surface area contributed by atoms with Gasteiger partial charge in [-0.1, -0.05) is 11.6 Å². The fourth-order valence-corrected chi connectivity index (χ4v) is 2.20. The molecule has 92 valence electrons. The molecule has 17 heavy (non-hydrogen) atoms. The van der Waals surface area contributed by atoms with Crippen LogP contribution in [0.4, 0.5) is 0 Å². The molecule has 0 aromatic heterocycles. The number of carbonyl (C=O) groups excluding carboxylic acids is 1. The van der Waals surface area contributed by atoms with Crippen LogP contribution >= 0.6 is 11.6 Å². The lowest BCUT2D eigenvalue weighted by Gasteiger charge is -2.31. The summed E-state index contributed by atoms with van der Waals surface area (Å²) in [6, 6.07) is 7.04. The Bertz CT molecular complexity index is 383. The van der Waals surface area contributed by atoms with Gasteiger partial charge in [-0.15, -0.1) is 0 Å². The number of rotatable bonds is 2. The quantitative estimate of drug-likeness (QED) is 0.811. The summed E-state index contributed by atoms with van der Waals surface area (Å²) in [5.74, 6) is 0.0798. The summed E-state index contributed by atoms with van der Waals surface area (Å²) < 4.78 is 5.29. The molecule has 0 spiro atoms.